The summed E-state index contributed by atoms with van der Waals surface area (Å²) < 4.78 is 27.2. The number of sulfonamides is 1. The molecule has 8 nitrogen and oxygen atoms in total. The summed E-state index contributed by atoms with van der Waals surface area (Å²) >= 11 is 1.24. The molecule has 3 aromatic rings. The van der Waals surface area contributed by atoms with E-state index in [-0.39, 0.29) is 21.7 Å². The van der Waals surface area contributed by atoms with Crippen molar-refractivity contribution in [3.8, 4) is 6.07 Å². The summed E-state index contributed by atoms with van der Waals surface area (Å²) in [5, 5.41) is 21.0. The Kier molecular flexibility index (Phi) is 6.08. The number of para-hydroxylation sites is 1. The van der Waals surface area contributed by atoms with Crippen molar-refractivity contribution in [3.05, 3.63) is 70.2 Å². The van der Waals surface area contributed by atoms with E-state index in [9.17, 15) is 13.2 Å². The van der Waals surface area contributed by atoms with Gasteiger partial charge in [-0.25, -0.2) is 8.42 Å². The molecule has 31 heavy (non-hydrogen) atoms. The van der Waals surface area contributed by atoms with Gasteiger partial charge in [-0.2, -0.15) is 9.57 Å². The average Bonchev–Trinajstić information content (AvgIpc) is 3.30. The molecule has 1 amide bonds. The minimum atomic E-state index is -3.66. The Bertz CT molecular complexity index is 1230. The zero-order chi connectivity index (χ0) is 21.8. The van der Waals surface area contributed by atoms with Crippen LogP contribution in [0.5, 0.6) is 0 Å². The molecule has 0 bridgehead atoms. The lowest BCUT2D eigenvalue weighted by Crippen LogP contribution is -2.37. The van der Waals surface area contributed by atoms with Crippen LogP contribution in [0.15, 0.2) is 59.5 Å². The number of carbonyl (C=O) groups is 1. The topological polar surface area (TPSA) is 116 Å². The fourth-order valence-electron chi connectivity index (χ4n) is 3.42. The van der Waals surface area contributed by atoms with E-state index in [0.29, 0.717) is 37.2 Å². The first kappa shape index (κ1) is 21.1. The molecule has 1 aliphatic rings. The van der Waals surface area contributed by atoms with Crippen LogP contribution in [0, 0.1) is 11.3 Å². The van der Waals surface area contributed by atoms with Crippen LogP contribution >= 0.6 is 11.3 Å². The number of nitrogens with zero attached hydrogens (tertiary/aromatic N) is 4. The Balaban J connectivity index is 1.40. The zero-order valence-electron chi connectivity index (χ0n) is 16.4. The molecule has 0 unspecified atom stereocenters. The highest BCUT2D eigenvalue weighted by Gasteiger charge is 2.31. The number of anilines is 1. The number of hydrogen-bond acceptors (Lipinski definition) is 7. The SMILES string of the molecule is N#Cc1cccc(S(=O)(=O)N2CCC(c3nnc(C(=O)Nc4ccccc4)s3)CC2)c1. The molecule has 0 saturated carbocycles. The first-order valence-electron chi connectivity index (χ1n) is 9.67. The van der Waals surface area contributed by atoms with Gasteiger partial charge in [-0.1, -0.05) is 35.6 Å². The second-order valence-corrected chi connectivity index (χ2v) is 10.0. The van der Waals surface area contributed by atoms with Crippen LogP contribution < -0.4 is 5.32 Å². The predicted octanol–water partition coefficient (Wildman–Crippen LogP) is 3.23. The van der Waals surface area contributed by atoms with Gasteiger partial charge in [0.25, 0.3) is 5.91 Å². The zero-order valence-corrected chi connectivity index (χ0v) is 18.1. The van der Waals surface area contributed by atoms with Gasteiger partial charge in [-0.15, -0.1) is 10.2 Å². The van der Waals surface area contributed by atoms with E-state index >= 15 is 0 Å². The molecule has 0 atom stereocenters. The molecule has 2 heterocycles. The Hall–Kier alpha value is -3.13. The standard InChI is InChI=1S/C21H19N5O3S2/c22-14-15-5-4-8-18(13-15)31(28,29)26-11-9-16(10-12-26)20-24-25-21(30-20)19(27)23-17-6-2-1-3-7-17/h1-8,13,16H,9-12H2,(H,23,27). The molecule has 4 rings (SSSR count). The van der Waals surface area contributed by atoms with E-state index in [1.165, 1.54) is 27.8 Å². The molecule has 10 heteroatoms. The van der Waals surface area contributed by atoms with E-state index in [4.69, 9.17) is 5.26 Å². The lowest BCUT2D eigenvalue weighted by molar-refractivity contribution is 0.102. The highest BCUT2D eigenvalue weighted by Crippen LogP contribution is 2.32. The van der Waals surface area contributed by atoms with E-state index in [0.717, 1.165) is 5.01 Å². The van der Waals surface area contributed by atoms with Gasteiger partial charge < -0.3 is 5.32 Å². The number of carbonyl (C=O) groups excluding carboxylic acids is 1. The third kappa shape index (κ3) is 4.64. The van der Waals surface area contributed by atoms with Crippen LogP contribution in [0.4, 0.5) is 5.69 Å². The van der Waals surface area contributed by atoms with Crippen LogP contribution in [-0.4, -0.2) is 41.9 Å². The highest BCUT2D eigenvalue weighted by molar-refractivity contribution is 7.89. The summed E-state index contributed by atoms with van der Waals surface area (Å²) in [6, 6.07) is 17.1. The Labute approximate surface area is 184 Å². The van der Waals surface area contributed by atoms with Crippen molar-refractivity contribution in [2.24, 2.45) is 0 Å². The van der Waals surface area contributed by atoms with Gasteiger partial charge in [0.2, 0.25) is 15.0 Å². The fraction of sp³-hybridized carbons (Fsp3) is 0.238. The van der Waals surface area contributed by atoms with Crippen molar-refractivity contribution in [1.82, 2.24) is 14.5 Å². The number of aromatic nitrogens is 2. The van der Waals surface area contributed by atoms with E-state index in [1.54, 1.807) is 24.3 Å². The van der Waals surface area contributed by atoms with Crippen LogP contribution in [0.25, 0.3) is 0 Å². The third-order valence-electron chi connectivity index (χ3n) is 5.07. The molecule has 1 aromatic heterocycles. The van der Waals surface area contributed by atoms with Gasteiger partial charge in [-0.05, 0) is 43.2 Å². The first-order valence-corrected chi connectivity index (χ1v) is 11.9. The van der Waals surface area contributed by atoms with Crippen molar-refractivity contribution in [2.75, 3.05) is 18.4 Å². The molecular weight excluding hydrogens is 434 g/mol. The molecule has 1 N–H and O–H groups in total. The summed E-state index contributed by atoms with van der Waals surface area (Å²) in [5.74, 6) is -0.264. The fourth-order valence-corrected chi connectivity index (χ4v) is 5.84. The van der Waals surface area contributed by atoms with Crippen LogP contribution in [-0.2, 0) is 10.0 Å². The van der Waals surface area contributed by atoms with Gasteiger partial charge in [0.1, 0.15) is 5.01 Å². The molecule has 0 spiro atoms. The highest BCUT2D eigenvalue weighted by atomic mass is 32.2. The number of nitrogens with one attached hydrogen (secondary N) is 1. The van der Waals surface area contributed by atoms with Crippen molar-refractivity contribution in [2.45, 2.75) is 23.7 Å². The van der Waals surface area contributed by atoms with Gasteiger partial charge in [-0.3, -0.25) is 4.79 Å². The largest absolute Gasteiger partial charge is 0.320 e. The minimum Gasteiger partial charge on any atom is -0.320 e. The molecule has 2 aromatic carbocycles. The maximum absolute atomic E-state index is 12.9. The van der Waals surface area contributed by atoms with Gasteiger partial charge >= 0.3 is 0 Å². The minimum absolute atomic E-state index is 0.0488. The molecular formula is C21H19N5O3S2. The molecule has 1 fully saturated rings. The van der Waals surface area contributed by atoms with E-state index < -0.39 is 10.0 Å². The van der Waals surface area contributed by atoms with Crippen molar-refractivity contribution in [3.63, 3.8) is 0 Å². The van der Waals surface area contributed by atoms with Crippen molar-refractivity contribution < 1.29 is 13.2 Å². The molecule has 158 valence electrons. The number of hydrogen-bond donors (Lipinski definition) is 1. The average molecular weight is 454 g/mol. The molecule has 0 aliphatic carbocycles. The summed E-state index contributed by atoms with van der Waals surface area (Å²) in [7, 11) is -3.66. The van der Waals surface area contributed by atoms with Crippen LogP contribution in [0.3, 0.4) is 0 Å². The Morgan fingerprint density at radius 1 is 1.10 bits per heavy atom. The maximum Gasteiger partial charge on any atom is 0.286 e. The third-order valence-corrected chi connectivity index (χ3v) is 8.05. The number of piperidine rings is 1. The molecule has 1 aliphatic heterocycles. The normalized spacial score (nSPS) is 15.3. The molecule has 0 radical (unpaired) electrons. The van der Waals surface area contributed by atoms with Crippen molar-refractivity contribution >= 4 is 33.0 Å². The van der Waals surface area contributed by atoms with Gasteiger partial charge in [0.15, 0.2) is 0 Å². The number of rotatable bonds is 5. The van der Waals surface area contributed by atoms with E-state index in [2.05, 4.69) is 15.5 Å². The smallest absolute Gasteiger partial charge is 0.286 e. The quantitative estimate of drug-likeness (QED) is 0.634. The van der Waals surface area contributed by atoms with Crippen molar-refractivity contribution in [1.29, 1.82) is 5.26 Å². The van der Waals surface area contributed by atoms with Crippen LogP contribution in [0.2, 0.25) is 0 Å². The predicted molar refractivity (Wildman–Crippen MR) is 116 cm³/mol. The summed E-state index contributed by atoms with van der Waals surface area (Å²) in [6.45, 7) is 0.684. The lowest BCUT2D eigenvalue weighted by atomic mass is 9.99. The Morgan fingerprint density at radius 3 is 2.55 bits per heavy atom. The lowest BCUT2D eigenvalue weighted by Gasteiger charge is -2.30. The second kappa shape index (κ2) is 8.93. The second-order valence-electron chi connectivity index (χ2n) is 7.08. The Morgan fingerprint density at radius 2 is 1.84 bits per heavy atom. The van der Waals surface area contributed by atoms with Crippen LogP contribution in [0.1, 0.15) is 39.1 Å². The maximum atomic E-state index is 12.9. The summed E-state index contributed by atoms with van der Waals surface area (Å²) in [5.41, 5.74) is 0.995. The summed E-state index contributed by atoms with van der Waals surface area (Å²) in [6.07, 6.45) is 1.18. The first-order chi connectivity index (χ1) is 15.0. The van der Waals surface area contributed by atoms with E-state index in [1.807, 2.05) is 24.3 Å². The van der Waals surface area contributed by atoms with Gasteiger partial charge in [0, 0.05) is 24.7 Å². The monoisotopic (exact) mass is 453 g/mol. The number of benzene rings is 2. The summed E-state index contributed by atoms with van der Waals surface area (Å²) in [4.78, 5) is 12.5. The van der Waals surface area contributed by atoms with Gasteiger partial charge in [0.05, 0.1) is 16.5 Å². The number of nitriles is 1. The molecule has 1 saturated heterocycles. The number of amides is 1.